The highest BCUT2D eigenvalue weighted by molar-refractivity contribution is 7.99. The number of likely N-dealkylation sites (N-methyl/N-ethyl adjacent to an activating group) is 2. The summed E-state index contributed by atoms with van der Waals surface area (Å²) in [6.07, 6.45) is 7.67. The largest absolute Gasteiger partial charge is 0.343 e. The van der Waals surface area contributed by atoms with Gasteiger partial charge in [0.2, 0.25) is 0 Å². The van der Waals surface area contributed by atoms with E-state index in [9.17, 15) is 9.59 Å². The van der Waals surface area contributed by atoms with Crippen LogP contribution in [0.15, 0.2) is 28.6 Å². The molecule has 0 radical (unpaired) electrons. The number of amides is 3. The van der Waals surface area contributed by atoms with Gasteiger partial charge < -0.3 is 14.7 Å². The SMILES string of the molecule is CN1C(=O)C2C(N=C(N3CCCCCC3)N2CCSc2ncccn2)N(C)C1=O. The molecule has 0 aliphatic carbocycles. The van der Waals surface area contributed by atoms with Crippen molar-refractivity contribution in [1.29, 1.82) is 0 Å². The Morgan fingerprint density at radius 2 is 1.76 bits per heavy atom. The highest BCUT2D eigenvalue weighted by Crippen LogP contribution is 2.29. The summed E-state index contributed by atoms with van der Waals surface area (Å²) in [5.74, 6) is 1.39. The lowest BCUT2D eigenvalue weighted by Gasteiger charge is -2.40. The van der Waals surface area contributed by atoms with Crippen molar-refractivity contribution in [2.75, 3.05) is 39.5 Å². The molecule has 2 fully saturated rings. The molecule has 2 atom stereocenters. The van der Waals surface area contributed by atoms with Crippen molar-refractivity contribution in [1.82, 2.24) is 29.6 Å². The second kappa shape index (κ2) is 8.56. The predicted molar refractivity (Wildman–Crippen MR) is 110 cm³/mol. The smallest absolute Gasteiger partial charge is 0.328 e. The molecule has 3 aliphatic rings. The van der Waals surface area contributed by atoms with Crippen molar-refractivity contribution in [3.8, 4) is 0 Å². The molecule has 10 heteroatoms. The maximum absolute atomic E-state index is 13.0. The Morgan fingerprint density at radius 1 is 1.07 bits per heavy atom. The van der Waals surface area contributed by atoms with E-state index in [-0.39, 0.29) is 11.9 Å². The van der Waals surface area contributed by atoms with Crippen LogP contribution in [-0.2, 0) is 4.79 Å². The van der Waals surface area contributed by atoms with E-state index >= 15 is 0 Å². The van der Waals surface area contributed by atoms with E-state index < -0.39 is 12.2 Å². The molecule has 1 aromatic heterocycles. The highest BCUT2D eigenvalue weighted by Gasteiger charge is 2.51. The van der Waals surface area contributed by atoms with Crippen LogP contribution in [0.5, 0.6) is 0 Å². The normalized spacial score (nSPS) is 25.2. The van der Waals surface area contributed by atoms with Gasteiger partial charge in [0.15, 0.2) is 23.3 Å². The number of rotatable bonds is 4. The number of carbonyl (C=O) groups excluding carboxylic acids is 2. The van der Waals surface area contributed by atoms with Gasteiger partial charge in [-0.1, -0.05) is 24.6 Å². The number of aliphatic imine (C=N–C) groups is 1. The molecule has 3 amide bonds. The molecule has 0 N–H and O–H groups in total. The van der Waals surface area contributed by atoms with Gasteiger partial charge in [-0.25, -0.2) is 19.8 Å². The van der Waals surface area contributed by atoms with Crippen molar-refractivity contribution >= 4 is 29.7 Å². The summed E-state index contributed by atoms with van der Waals surface area (Å²) in [5, 5.41) is 0.718. The van der Waals surface area contributed by atoms with Crippen molar-refractivity contribution in [2.45, 2.75) is 43.0 Å². The summed E-state index contributed by atoms with van der Waals surface area (Å²) in [7, 11) is 3.27. The minimum Gasteiger partial charge on any atom is -0.343 e. The number of imide groups is 1. The summed E-state index contributed by atoms with van der Waals surface area (Å²) < 4.78 is 0. The van der Waals surface area contributed by atoms with Crippen LogP contribution in [0, 0.1) is 0 Å². The summed E-state index contributed by atoms with van der Waals surface area (Å²) in [6, 6.07) is 1.02. The van der Waals surface area contributed by atoms with Gasteiger partial charge >= 0.3 is 6.03 Å². The lowest BCUT2D eigenvalue weighted by Crippen LogP contribution is -2.64. The van der Waals surface area contributed by atoms with Gasteiger partial charge in [-0.3, -0.25) is 9.69 Å². The number of hydrogen-bond donors (Lipinski definition) is 0. The third-order valence-electron chi connectivity index (χ3n) is 5.69. The number of urea groups is 1. The Labute approximate surface area is 175 Å². The topological polar surface area (TPSA) is 85.2 Å². The van der Waals surface area contributed by atoms with Crippen LogP contribution in [0.4, 0.5) is 4.79 Å². The zero-order valence-electron chi connectivity index (χ0n) is 16.9. The first-order valence-corrected chi connectivity index (χ1v) is 11.1. The first-order chi connectivity index (χ1) is 14.1. The lowest BCUT2D eigenvalue weighted by atomic mass is 10.1. The monoisotopic (exact) mass is 417 g/mol. The molecule has 2 saturated heterocycles. The van der Waals surface area contributed by atoms with E-state index in [1.165, 1.54) is 17.7 Å². The Balaban J connectivity index is 1.56. The zero-order chi connectivity index (χ0) is 20.4. The Kier molecular flexibility index (Phi) is 5.89. The van der Waals surface area contributed by atoms with Gasteiger partial charge in [-0.2, -0.15) is 0 Å². The Bertz CT molecular complexity index is 782. The standard InChI is InChI=1S/C19H27N7O2S/c1-23-15-14(16(27)24(2)19(23)28)26(12-13-29-17-20-8-7-9-21-17)18(22-15)25-10-5-3-4-6-11-25/h7-9,14-15H,3-6,10-13H2,1-2H3. The third-order valence-corrected chi connectivity index (χ3v) is 6.54. The molecular weight excluding hydrogens is 390 g/mol. The van der Waals surface area contributed by atoms with E-state index in [0.717, 1.165) is 42.8 Å². The maximum atomic E-state index is 13.0. The number of carbonyl (C=O) groups is 2. The molecule has 29 heavy (non-hydrogen) atoms. The fourth-order valence-electron chi connectivity index (χ4n) is 4.12. The molecule has 4 heterocycles. The first-order valence-electron chi connectivity index (χ1n) is 10.1. The van der Waals surface area contributed by atoms with Crippen LogP contribution in [-0.4, -0.2) is 99.2 Å². The summed E-state index contributed by atoms with van der Waals surface area (Å²) in [4.78, 5) is 46.0. The number of thioether (sulfide) groups is 1. The molecule has 9 nitrogen and oxygen atoms in total. The maximum Gasteiger partial charge on any atom is 0.328 e. The summed E-state index contributed by atoms with van der Waals surface area (Å²) in [6.45, 7) is 2.51. The van der Waals surface area contributed by atoms with Gasteiger partial charge in [0.25, 0.3) is 5.91 Å². The molecule has 4 rings (SSSR count). The zero-order valence-corrected chi connectivity index (χ0v) is 17.7. The molecule has 0 saturated carbocycles. The van der Waals surface area contributed by atoms with Crippen molar-refractivity contribution in [2.24, 2.45) is 4.99 Å². The average molecular weight is 418 g/mol. The number of likely N-dealkylation sites (tertiary alicyclic amines) is 1. The van der Waals surface area contributed by atoms with Crippen LogP contribution in [0.2, 0.25) is 0 Å². The summed E-state index contributed by atoms with van der Waals surface area (Å²) >= 11 is 1.56. The fraction of sp³-hybridized carbons (Fsp3) is 0.632. The number of guanidine groups is 1. The van der Waals surface area contributed by atoms with Crippen LogP contribution < -0.4 is 0 Å². The van der Waals surface area contributed by atoms with Crippen LogP contribution in [0.25, 0.3) is 0 Å². The highest BCUT2D eigenvalue weighted by atomic mass is 32.2. The Hall–Kier alpha value is -2.36. The molecule has 2 unspecified atom stereocenters. The molecule has 0 bridgehead atoms. The van der Waals surface area contributed by atoms with E-state index in [1.807, 2.05) is 0 Å². The van der Waals surface area contributed by atoms with E-state index in [0.29, 0.717) is 6.54 Å². The van der Waals surface area contributed by atoms with Crippen molar-refractivity contribution in [3.63, 3.8) is 0 Å². The predicted octanol–water partition coefficient (Wildman–Crippen LogP) is 1.33. The molecular formula is C19H27N7O2S. The minimum absolute atomic E-state index is 0.187. The van der Waals surface area contributed by atoms with Gasteiger partial charge in [-0.15, -0.1) is 0 Å². The van der Waals surface area contributed by atoms with Crippen molar-refractivity contribution in [3.05, 3.63) is 18.5 Å². The van der Waals surface area contributed by atoms with E-state index in [4.69, 9.17) is 4.99 Å². The minimum atomic E-state index is -0.474. The number of nitrogens with zero attached hydrogens (tertiary/aromatic N) is 7. The molecule has 1 aromatic rings. The van der Waals surface area contributed by atoms with E-state index in [2.05, 4.69) is 19.8 Å². The van der Waals surface area contributed by atoms with Crippen LogP contribution in [0.1, 0.15) is 25.7 Å². The van der Waals surface area contributed by atoms with Gasteiger partial charge in [-0.05, 0) is 18.9 Å². The summed E-state index contributed by atoms with van der Waals surface area (Å²) in [5.41, 5.74) is 0. The second-order valence-corrected chi connectivity index (χ2v) is 8.61. The van der Waals surface area contributed by atoms with Crippen LogP contribution >= 0.6 is 11.8 Å². The molecule has 3 aliphatic heterocycles. The average Bonchev–Trinajstić information content (AvgIpc) is 2.91. The van der Waals surface area contributed by atoms with Gasteiger partial charge in [0.05, 0.1) is 0 Å². The van der Waals surface area contributed by atoms with Gasteiger partial charge in [0, 0.05) is 51.9 Å². The van der Waals surface area contributed by atoms with E-state index in [1.54, 1.807) is 49.2 Å². The van der Waals surface area contributed by atoms with Crippen molar-refractivity contribution < 1.29 is 9.59 Å². The lowest BCUT2D eigenvalue weighted by molar-refractivity contribution is -0.136. The molecule has 0 aromatic carbocycles. The first kappa shape index (κ1) is 19.9. The number of hydrogen-bond acceptors (Lipinski definition) is 8. The third kappa shape index (κ3) is 3.90. The van der Waals surface area contributed by atoms with Crippen LogP contribution in [0.3, 0.4) is 0 Å². The quantitative estimate of drug-likeness (QED) is 0.540. The number of aromatic nitrogens is 2. The Morgan fingerprint density at radius 3 is 2.45 bits per heavy atom. The molecule has 0 spiro atoms. The molecule has 156 valence electrons. The number of fused-ring (bicyclic) bond motifs is 1. The fourth-order valence-corrected chi connectivity index (χ4v) is 4.86. The second-order valence-electron chi connectivity index (χ2n) is 7.55. The van der Waals surface area contributed by atoms with Gasteiger partial charge in [0.1, 0.15) is 0 Å².